The molecule has 0 N–H and O–H groups in total. The zero-order valence-corrected chi connectivity index (χ0v) is 30.9. The Labute approximate surface area is 327 Å². The number of thiophene rings is 1. The third-order valence-electron chi connectivity index (χ3n) is 10.5. The molecule has 56 heavy (non-hydrogen) atoms. The number of benzene rings is 8. The molecule has 0 saturated heterocycles. The molecule has 0 amide bonds. The van der Waals surface area contributed by atoms with Crippen molar-refractivity contribution in [3.05, 3.63) is 188 Å². The van der Waals surface area contributed by atoms with Crippen LogP contribution in [0.4, 0.5) is 0 Å². The Hall–Kier alpha value is -7.21. The van der Waals surface area contributed by atoms with E-state index in [1.54, 1.807) is 0 Å². The molecule has 5 heteroatoms. The first-order valence-corrected chi connectivity index (χ1v) is 19.5. The SMILES string of the molecule is c1ccc(-c2ccc(-c3nc(-c4ccccc4)nc(-c4cc(-c5ccc6sc7cc(-c8ccccc8)ccc7c6c5)c5c(c4)oc4ccccc45)n3)cc2)cc1. The Morgan fingerprint density at radius 3 is 1.57 bits per heavy atom. The Bertz CT molecular complexity index is 3230. The van der Waals surface area contributed by atoms with Crippen molar-refractivity contribution in [1.82, 2.24) is 15.0 Å². The molecular formula is C51H31N3OS. The van der Waals surface area contributed by atoms with E-state index < -0.39 is 0 Å². The second kappa shape index (κ2) is 13.3. The normalized spacial score (nSPS) is 11.6. The van der Waals surface area contributed by atoms with Crippen LogP contribution in [-0.2, 0) is 0 Å². The van der Waals surface area contributed by atoms with Crippen LogP contribution in [0.15, 0.2) is 192 Å². The first-order valence-electron chi connectivity index (χ1n) is 18.7. The topological polar surface area (TPSA) is 51.8 Å². The predicted octanol–water partition coefficient (Wildman–Crippen LogP) is 14.1. The van der Waals surface area contributed by atoms with Crippen LogP contribution in [0.25, 0.3) is 110 Å². The van der Waals surface area contributed by atoms with Gasteiger partial charge in [-0.2, -0.15) is 0 Å². The number of fused-ring (bicyclic) bond motifs is 6. The van der Waals surface area contributed by atoms with Gasteiger partial charge in [-0.15, -0.1) is 11.3 Å². The molecule has 3 aromatic heterocycles. The molecule has 3 heterocycles. The molecule has 11 aromatic rings. The largest absolute Gasteiger partial charge is 0.456 e. The summed E-state index contributed by atoms with van der Waals surface area (Å²) >= 11 is 1.84. The Morgan fingerprint density at radius 1 is 0.321 bits per heavy atom. The van der Waals surface area contributed by atoms with E-state index in [9.17, 15) is 0 Å². The lowest BCUT2D eigenvalue weighted by Crippen LogP contribution is -2.00. The van der Waals surface area contributed by atoms with Gasteiger partial charge in [-0.3, -0.25) is 0 Å². The van der Waals surface area contributed by atoms with Crippen molar-refractivity contribution in [1.29, 1.82) is 0 Å². The summed E-state index contributed by atoms with van der Waals surface area (Å²) in [4.78, 5) is 15.3. The van der Waals surface area contributed by atoms with E-state index in [4.69, 9.17) is 19.4 Å². The van der Waals surface area contributed by atoms with Crippen LogP contribution < -0.4 is 0 Å². The molecule has 262 valence electrons. The van der Waals surface area contributed by atoms with E-state index in [0.29, 0.717) is 17.5 Å². The van der Waals surface area contributed by atoms with Crippen LogP contribution in [0.1, 0.15) is 0 Å². The van der Waals surface area contributed by atoms with Gasteiger partial charge in [0.05, 0.1) is 0 Å². The standard InChI is InChI=1S/C51H31N3OS/c1-4-12-32(13-5-1)34-20-22-36(23-21-34)50-52-49(35-16-8-3-9-17-35)53-51(54-50)39-29-42(48-41-18-10-11-19-44(41)55-45(48)30-39)38-25-27-46-43(28-38)40-26-24-37(31-47(40)56-46)33-14-6-2-7-15-33/h1-31H. The summed E-state index contributed by atoms with van der Waals surface area (Å²) in [6, 6.07) is 65.7. The first-order chi connectivity index (χ1) is 27.7. The monoisotopic (exact) mass is 733 g/mol. The molecule has 0 atom stereocenters. The Morgan fingerprint density at radius 2 is 0.857 bits per heavy atom. The summed E-state index contributed by atoms with van der Waals surface area (Å²) in [5.41, 5.74) is 11.3. The number of rotatable bonds is 6. The second-order valence-electron chi connectivity index (χ2n) is 14.0. The minimum atomic E-state index is 0.583. The van der Waals surface area contributed by atoms with Gasteiger partial charge in [0, 0.05) is 47.6 Å². The summed E-state index contributed by atoms with van der Waals surface area (Å²) < 4.78 is 9.12. The smallest absolute Gasteiger partial charge is 0.164 e. The fraction of sp³-hybridized carbons (Fsp3) is 0. The third kappa shape index (κ3) is 5.65. The van der Waals surface area contributed by atoms with Crippen molar-refractivity contribution in [2.45, 2.75) is 0 Å². The van der Waals surface area contributed by atoms with E-state index in [0.717, 1.165) is 60.9 Å². The van der Waals surface area contributed by atoms with E-state index in [1.165, 1.54) is 31.3 Å². The highest BCUT2D eigenvalue weighted by Gasteiger charge is 2.19. The number of hydrogen-bond donors (Lipinski definition) is 0. The lowest BCUT2D eigenvalue weighted by molar-refractivity contribution is 0.669. The number of para-hydroxylation sites is 1. The van der Waals surface area contributed by atoms with Crippen LogP contribution in [0.2, 0.25) is 0 Å². The average molecular weight is 734 g/mol. The lowest BCUT2D eigenvalue weighted by atomic mass is 9.95. The predicted molar refractivity (Wildman–Crippen MR) is 233 cm³/mol. The Balaban J connectivity index is 1.09. The van der Waals surface area contributed by atoms with Gasteiger partial charge in [-0.1, -0.05) is 152 Å². The zero-order valence-electron chi connectivity index (χ0n) is 30.1. The highest BCUT2D eigenvalue weighted by molar-refractivity contribution is 7.25. The molecule has 0 spiro atoms. The van der Waals surface area contributed by atoms with Gasteiger partial charge in [-0.05, 0) is 69.8 Å². The van der Waals surface area contributed by atoms with E-state index in [2.05, 4.69) is 140 Å². The van der Waals surface area contributed by atoms with Gasteiger partial charge in [0.15, 0.2) is 17.5 Å². The van der Waals surface area contributed by atoms with Crippen LogP contribution in [0, 0.1) is 0 Å². The van der Waals surface area contributed by atoms with Gasteiger partial charge in [-0.25, -0.2) is 15.0 Å². The zero-order chi connectivity index (χ0) is 37.0. The van der Waals surface area contributed by atoms with Crippen molar-refractivity contribution in [2.24, 2.45) is 0 Å². The van der Waals surface area contributed by atoms with Crippen LogP contribution in [0.5, 0.6) is 0 Å². The van der Waals surface area contributed by atoms with E-state index >= 15 is 0 Å². The molecule has 8 aromatic carbocycles. The van der Waals surface area contributed by atoms with E-state index in [1.807, 2.05) is 59.9 Å². The van der Waals surface area contributed by atoms with Crippen molar-refractivity contribution in [3.63, 3.8) is 0 Å². The molecular weight excluding hydrogens is 703 g/mol. The van der Waals surface area contributed by atoms with Crippen molar-refractivity contribution in [2.75, 3.05) is 0 Å². The van der Waals surface area contributed by atoms with Gasteiger partial charge in [0.1, 0.15) is 11.2 Å². The molecule has 0 aliphatic heterocycles. The summed E-state index contributed by atoms with van der Waals surface area (Å²) in [5.74, 6) is 1.81. The molecule has 0 aliphatic carbocycles. The number of aromatic nitrogens is 3. The first kappa shape index (κ1) is 32.2. The fourth-order valence-electron chi connectivity index (χ4n) is 7.76. The maximum atomic E-state index is 6.59. The minimum Gasteiger partial charge on any atom is -0.456 e. The molecule has 4 nitrogen and oxygen atoms in total. The summed E-state index contributed by atoms with van der Waals surface area (Å²) in [6.07, 6.45) is 0. The molecule has 0 fully saturated rings. The van der Waals surface area contributed by atoms with Gasteiger partial charge < -0.3 is 4.42 Å². The van der Waals surface area contributed by atoms with Crippen LogP contribution in [-0.4, -0.2) is 15.0 Å². The fourth-order valence-corrected chi connectivity index (χ4v) is 8.88. The molecule has 0 bridgehead atoms. The minimum absolute atomic E-state index is 0.583. The maximum absolute atomic E-state index is 6.59. The van der Waals surface area contributed by atoms with E-state index in [-0.39, 0.29) is 0 Å². The molecule has 0 aliphatic rings. The van der Waals surface area contributed by atoms with Gasteiger partial charge >= 0.3 is 0 Å². The number of furan rings is 1. The summed E-state index contributed by atoms with van der Waals surface area (Å²) in [5, 5.41) is 4.64. The quantitative estimate of drug-likeness (QED) is 0.171. The molecule has 0 unspecified atom stereocenters. The second-order valence-corrected chi connectivity index (χ2v) is 15.1. The average Bonchev–Trinajstić information content (AvgIpc) is 3.84. The Kier molecular flexibility index (Phi) is 7.64. The van der Waals surface area contributed by atoms with Gasteiger partial charge in [0.2, 0.25) is 0 Å². The third-order valence-corrected chi connectivity index (χ3v) is 11.7. The maximum Gasteiger partial charge on any atom is 0.164 e. The van der Waals surface area contributed by atoms with Gasteiger partial charge in [0.25, 0.3) is 0 Å². The van der Waals surface area contributed by atoms with Crippen LogP contribution in [0.3, 0.4) is 0 Å². The number of nitrogens with zero attached hydrogens (tertiary/aromatic N) is 3. The van der Waals surface area contributed by atoms with Crippen LogP contribution >= 0.6 is 11.3 Å². The summed E-state index contributed by atoms with van der Waals surface area (Å²) in [6.45, 7) is 0. The van der Waals surface area contributed by atoms with Crippen molar-refractivity contribution in [3.8, 4) is 67.5 Å². The molecule has 0 saturated carbocycles. The van der Waals surface area contributed by atoms with Crippen molar-refractivity contribution >= 4 is 53.4 Å². The number of hydrogen-bond acceptors (Lipinski definition) is 5. The van der Waals surface area contributed by atoms with Crippen molar-refractivity contribution < 1.29 is 4.42 Å². The highest BCUT2D eigenvalue weighted by atomic mass is 32.1. The summed E-state index contributed by atoms with van der Waals surface area (Å²) in [7, 11) is 0. The molecule has 11 rings (SSSR count). The lowest BCUT2D eigenvalue weighted by Gasteiger charge is -2.11. The highest BCUT2D eigenvalue weighted by Crippen LogP contribution is 2.43. The molecule has 0 radical (unpaired) electrons.